The van der Waals surface area contributed by atoms with Gasteiger partial charge in [-0.05, 0) is 28.5 Å². The highest BCUT2D eigenvalue weighted by atomic mass is 35.5. The Bertz CT molecular complexity index is 1230. The van der Waals surface area contributed by atoms with E-state index in [4.69, 9.17) is 28.9 Å². The second-order valence-corrected chi connectivity index (χ2v) is 6.73. The Balaban J connectivity index is 1.59. The molecular formula is C18H13Cl2N7O2. The van der Waals surface area contributed by atoms with Gasteiger partial charge in [-0.15, -0.1) is 0 Å². The lowest BCUT2D eigenvalue weighted by Gasteiger charge is -2.06. The van der Waals surface area contributed by atoms with Gasteiger partial charge in [0.2, 0.25) is 0 Å². The number of nitrogens with one attached hydrogen (secondary N) is 1. The van der Waals surface area contributed by atoms with Crippen LogP contribution in [-0.4, -0.2) is 32.0 Å². The fourth-order valence-electron chi connectivity index (χ4n) is 2.74. The Morgan fingerprint density at radius 3 is 2.83 bits per heavy atom. The van der Waals surface area contributed by atoms with Crippen molar-refractivity contribution >= 4 is 52.2 Å². The smallest absolute Gasteiger partial charge is 0.260 e. The van der Waals surface area contributed by atoms with Crippen molar-refractivity contribution in [3.63, 3.8) is 0 Å². The van der Waals surface area contributed by atoms with E-state index < -0.39 is 0 Å². The second kappa shape index (κ2) is 7.90. The van der Waals surface area contributed by atoms with Crippen LogP contribution in [0, 0.1) is 0 Å². The van der Waals surface area contributed by atoms with Gasteiger partial charge in [0.15, 0.2) is 17.3 Å². The number of carbonyl (C=O) groups is 1. The largest absolute Gasteiger partial charge is 0.379 e. The molecule has 0 fully saturated rings. The van der Waals surface area contributed by atoms with Crippen molar-refractivity contribution in [1.29, 1.82) is 0 Å². The number of hydrogen-bond acceptors (Lipinski definition) is 7. The van der Waals surface area contributed by atoms with Crippen molar-refractivity contribution in [2.75, 3.05) is 5.73 Å². The highest BCUT2D eigenvalue weighted by Crippen LogP contribution is 2.26. The van der Waals surface area contributed by atoms with Gasteiger partial charge in [0.1, 0.15) is 6.54 Å². The number of hydrogen-bond donors (Lipinski definition) is 2. The van der Waals surface area contributed by atoms with E-state index in [0.717, 1.165) is 5.52 Å². The zero-order chi connectivity index (χ0) is 20.4. The standard InChI is InChI=1S/C18H13Cl2N7O2/c19-11-5-3-4-10(15(11)20)8-22-24-14(28)9-27-13-7-2-1-6-12(13)23-18(27)16-17(21)26-29-25-16/h1-8H,9H2,(H2,21,26)(H,24,28). The molecule has 1 amide bonds. The number of nitrogen functional groups attached to an aromatic ring is 1. The summed E-state index contributed by atoms with van der Waals surface area (Å²) in [6.45, 7) is -0.0806. The van der Waals surface area contributed by atoms with Crippen LogP contribution >= 0.6 is 23.2 Å². The summed E-state index contributed by atoms with van der Waals surface area (Å²) >= 11 is 12.1. The average Bonchev–Trinajstić information content (AvgIpc) is 3.28. The molecular weight excluding hydrogens is 417 g/mol. The predicted molar refractivity (Wildman–Crippen MR) is 110 cm³/mol. The van der Waals surface area contributed by atoms with E-state index in [-0.39, 0.29) is 24.0 Å². The van der Waals surface area contributed by atoms with Crippen molar-refractivity contribution in [3.8, 4) is 11.5 Å². The van der Waals surface area contributed by atoms with Crippen LogP contribution in [0.2, 0.25) is 10.0 Å². The van der Waals surface area contributed by atoms with Gasteiger partial charge in [0.05, 0.1) is 27.3 Å². The minimum Gasteiger partial charge on any atom is -0.379 e. The van der Waals surface area contributed by atoms with Gasteiger partial charge in [-0.3, -0.25) is 4.79 Å². The molecule has 0 bridgehead atoms. The first kappa shape index (κ1) is 18.9. The van der Waals surface area contributed by atoms with Crippen LogP contribution < -0.4 is 11.2 Å². The van der Waals surface area contributed by atoms with Gasteiger partial charge in [-0.25, -0.2) is 15.0 Å². The van der Waals surface area contributed by atoms with Gasteiger partial charge in [0, 0.05) is 5.56 Å². The first-order valence-corrected chi connectivity index (χ1v) is 9.10. The van der Waals surface area contributed by atoms with E-state index in [1.165, 1.54) is 6.21 Å². The quantitative estimate of drug-likeness (QED) is 0.370. The number of carbonyl (C=O) groups excluding carboxylic acids is 1. The van der Waals surface area contributed by atoms with Gasteiger partial charge in [-0.1, -0.05) is 47.5 Å². The zero-order valence-electron chi connectivity index (χ0n) is 14.7. The molecule has 146 valence electrons. The fraction of sp³-hybridized carbons (Fsp3) is 0.0556. The number of hydrazone groups is 1. The minimum atomic E-state index is -0.390. The van der Waals surface area contributed by atoms with Crippen LogP contribution in [0.5, 0.6) is 0 Å². The second-order valence-electron chi connectivity index (χ2n) is 5.94. The number of anilines is 1. The third kappa shape index (κ3) is 3.78. The maximum atomic E-state index is 12.5. The van der Waals surface area contributed by atoms with E-state index >= 15 is 0 Å². The van der Waals surface area contributed by atoms with E-state index in [9.17, 15) is 4.79 Å². The van der Waals surface area contributed by atoms with Crippen molar-refractivity contribution in [3.05, 3.63) is 58.1 Å². The van der Waals surface area contributed by atoms with Crippen LogP contribution in [0.1, 0.15) is 5.56 Å². The number of benzene rings is 2. The summed E-state index contributed by atoms with van der Waals surface area (Å²) in [6.07, 6.45) is 1.42. The van der Waals surface area contributed by atoms with Crippen molar-refractivity contribution in [2.24, 2.45) is 5.10 Å². The molecule has 0 aliphatic carbocycles. The Morgan fingerprint density at radius 1 is 1.21 bits per heavy atom. The number of fused-ring (bicyclic) bond motifs is 1. The Hall–Kier alpha value is -3.43. The number of nitrogens with zero attached hydrogens (tertiary/aromatic N) is 5. The van der Waals surface area contributed by atoms with Gasteiger partial charge < -0.3 is 10.3 Å². The molecule has 2 heterocycles. The number of halogens is 2. The molecule has 3 N–H and O–H groups in total. The van der Waals surface area contributed by atoms with Crippen LogP contribution in [0.3, 0.4) is 0 Å². The fourth-order valence-corrected chi connectivity index (χ4v) is 3.10. The summed E-state index contributed by atoms with van der Waals surface area (Å²) < 4.78 is 6.32. The van der Waals surface area contributed by atoms with Crippen LogP contribution in [-0.2, 0) is 11.3 Å². The third-order valence-electron chi connectivity index (χ3n) is 4.06. The highest BCUT2D eigenvalue weighted by molar-refractivity contribution is 6.43. The molecule has 0 saturated heterocycles. The van der Waals surface area contributed by atoms with Crippen LogP contribution in [0.25, 0.3) is 22.6 Å². The van der Waals surface area contributed by atoms with E-state index in [1.54, 1.807) is 22.8 Å². The average molecular weight is 430 g/mol. The molecule has 2 aromatic carbocycles. The van der Waals surface area contributed by atoms with Crippen molar-refractivity contribution in [1.82, 2.24) is 25.3 Å². The molecule has 0 aliphatic rings. The first-order valence-electron chi connectivity index (χ1n) is 8.34. The molecule has 0 radical (unpaired) electrons. The van der Waals surface area contributed by atoms with Gasteiger partial charge in [0.25, 0.3) is 5.91 Å². The summed E-state index contributed by atoms with van der Waals surface area (Å²) in [5, 5.41) is 12.0. The molecule has 0 spiro atoms. The molecule has 2 aromatic heterocycles. The molecule has 0 atom stereocenters. The molecule has 4 aromatic rings. The Labute approximate surface area is 174 Å². The van der Waals surface area contributed by atoms with Gasteiger partial charge in [-0.2, -0.15) is 5.10 Å². The van der Waals surface area contributed by atoms with Gasteiger partial charge >= 0.3 is 0 Å². The number of imidazole rings is 1. The molecule has 0 unspecified atom stereocenters. The summed E-state index contributed by atoms with van der Waals surface area (Å²) in [4.78, 5) is 17.0. The number of nitrogens with two attached hydrogens (primary N) is 1. The molecule has 29 heavy (non-hydrogen) atoms. The zero-order valence-corrected chi connectivity index (χ0v) is 16.2. The topological polar surface area (TPSA) is 124 Å². The minimum absolute atomic E-state index is 0.0792. The van der Waals surface area contributed by atoms with Crippen LogP contribution in [0.15, 0.2) is 52.2 Å². The van der Waals surface area contributed by atoms with E-state index in [1.807, 2.05) is 24.3 Å². The van der Waals surface area contributed by atoms with Crippen molar-refractivity contribution in [2.45, 2.75) is 6.54 Å². The number of rotatable bonds is 5. The normalized spacial score (nSPS) is 11.4. The van der Waals surface area contributed by atoms with Crippen molar-refractivity contribution < 1.29 is 9.42 Å². The SMILES string of the molecule is Nc1nonc1-c1nc2ccccc2n1CC(=O)NN=Cc1cccc(Cl)c1Cl. The lowest BCUT2D eigenvalue weighted by molar-refractivity contribution is -0.121. The Kier molecular flexibility index (Phi) is 5.15. The van der Waals surface area contributed by atoms with E-state index in [2.05, 4.69) is 30.5 Å². The maximum absolute atomic E-state index is 12.5. The molecule has 9 nitrogen and oxygen atoms in total. The third-order valence-corrected chi connectivity index (χ3v) is 4.89. The molecule has 0 aliphatic heterocycles. The number of para-hydroxylation sites is 2. The maximum Gasteiger partial charge on any atom is 0.260 e. The molecule has 11 heteroatoms. The summed E-state index contributed by atoms with van der Waals surface area (Å²) in [6, 6.07) is 12.5. The molecule has 4 rings (SSSR count). The number of aromatic nitrogens is 4. The summed E-state index contributed by atoms with van der Waals surface area (Å²) in [5.74, 6) is 0.0522. The summed E-state index contributed by atoms with van der Waals surface area (Å²) in [7, 11) is 0. The van der Waals surface area contributed by atoms with E-state index in [0.29, 0.717) is 26.9 Å². The lowest BCUT2D eigenvalue weighted by Crippen LogP contribution is -2.23. The lowest BCUT2D eigenvalue weighted by atomic mass is 10.2. The monoisotopic (exact) mass is 429 g/mol. The Morgan fingerprint density at radius 2 is 2.03 bits per heavy atom. The van der Waals surface area contributed by atoms with Crippen LogP contribution in [0.4, 0.5) is 5.82 Å². The number of amides is 1. The molecule has 0 saturated carbocycles. The summed E-state index contributed by atoms with van der Waals surface area (Å²) in [5.41, 5.74) is 10.5. The predicted octanol–water partition coefficient (Wildman–Crippen LogP) is 3.13. The first-order chi connectivity index (χ1) is 14.0. The highest BCUT2D eigenvalue weighted by Gasteiger charge is 2.20.